The first-order valence-electron chi connectivity index (χ1n) is 9.38. The Morgan fingerprint density at radius 2 is 2.07 bits per heavy atom. The average molecular weight is 418 g/mol. The maximum atomic E-state index is 12.6. The van der Waals surface area contributed by atoms with Gasteiger partial charge in [0.05, 0.1) is 30.2 Å². The summed E-state index contributed by atoms with van der Waals surface area (Å²) in [4.78, 5) is 14.4. The number of hydrogen-bond donors (Lipinski definition) is 0. The summed E-state index contributed by atoms with van der Waals surface area (Å²) in [6, 6.07) is 5.07. The van der Waals surface area contributed by atoms with Gasteiger partial charge in [-0.15, -0.1) is 5.10 Å². The minimum atomic E-state index is -2.48. The van der Waals surface area contributed by atoms with Gasteiger partial charge < -0.3 is 14.2 Å². The van der Waals surface area contributed by atoms with E-state index in [1.807, 2.05) is 17.9 Å². The minimum Gasteiger partial charge on any atom is -0.369 e. The number of aromatic nitrogens is 5. The Morgan fingerprint density at radius 1 is 1.27 bits per heavy atom. The average Bonchev–Trinajstić information content (AvgIpc) is 3.03. The highest BCUT2D eigenvalue weighted by Crippen LogP contribution is 2.24. The van der Waals surface area contributed by atoms with Gasteiger partial charge in [-0.2, -0.15) is 10.2 Å². The second-order valence-electron chi connectivity index (χ2n) is 7.09. The highest BCUT2D eigenvalue weighted by Gasteiger charge is 2.29. The van der Waals surface area contributed by atoms with Gasteiger partial charge in [-0.25, -0.2) is 13.5 Å². The summed E-state index contributed by atoms with van der Waals surface area (Å²) in [6.07, 6.45) is -1.18. The van der Waals surface area contributed by atoms with Crippen molar-refractivity contribution in [2.24, 2.45) is 0 Å². The standard InChI is InChI=1S/C19H20F2N6O3/c1-11-3-4-16(24-23-11)19-15(12(2)30-25-19)9-27-18(28)5-13(6-22-27)26-7-14(8-26)29-10-17(20)21/h3-6,14,17H,7-10H2,1-2H3. The van der Waals surface area contributed by atoms with E-state index in [1.165, 1.54) is 10.7 Å². The molecule has 1 aliphatic rings. The summed E-state index contributed by atoms with van der Waals surface area (Å²) in [5.41, 5.74) is 2.86. The summed E-state index contributed by atoms with van der Waals surface area (Å²) in [5.74, 6) is 0.562. The zero-order valence-electron chi connectivity index (χ0n) is 16.5. The van der Waals surface area contributed by atoms with E-state index in [0.717, 1.165) is 5.69 Å². The maximum Gasteiger partial charge on any atom is 0.269 e. The van der Waals surface area contributed by atoms with Crippen molar-refractivity contribution in [2.75, 3.05) is 24.6 Å². The second-order valence-corrected chi connectivity index (χ2v) is 7.09. The van der Waals surface area contributed by atoms with Crippen LogP contribution in [0.15, 0.2) is 33.7 Å². The molecule has 1 fully saturated rings. The van der Waals surface area contributed by atoms with Crippen LogP contribution in [0, 0.1) is 13.8 Å². The lowest BCUT2D eigenvalue weighted by Gasteiger charge is -2.40. The Balaban J connectivity index is 1.47. The molecule has 3 aromatic heterocycles. The molecule has 4 rings (SSSR count). The van der Waals surface area contributed by atoms with Crippen LogP contribution in [0.4, 0.5) is 14.5 Å². The van der Waals surface area contributed by atoms with E-state index in [4.69, 9.17) is 9.26 Å². The van der Waals surface area contributed by atoms with Crippen molar-refractivity contribution in [1.29, 1.82) is 0 Å². The summed E-state index contributed by atoms with van der Waals surface area (Å²) >= 11 is 0. The minimum absolute atomic E-state index is 0.166. The fraction of sp³-hybridized carbons (Fsp3) is 0.421. The van der Waals surface area contributed by atoms with Crippen LogP contribution in [0.2, 0.25) is 0 Å². The van der Waals surface area contributed by atoms with E-state index in [2.05, 4.69) is 20.5 Å². The number of hydrogen-bond acceptors (Lipinski definition) is 8. The van der Waals surface area contributed by atoms with Crippen LogP contribution in [0.5, 0.6) is 0 Å². The van der Waals surface area contributed by atoms with Gasteiger partial charge in [0.25, 0.3) is 12.0 Å². The van der Waals surface area contributed by atoms with Gasteiger partial charge in [0.1, 0.15) is 23.8 Å². The Kier molecular flexibility index (Phi) is 5.53. The fourth-order valence-electron chi connectivity index (χ4n) is 3.13. The SMILES string of the molecule is Cc1ccc(-c2noc(C)c2Cn2ncc(N3CC(OCC(F)F)C3)cc2=O)nn1. The molecule has 1 saturated heterocycles. The van der Waals surface area contributed by atoms with Gasteiger partial charge >= 0.3 is 0 Å². The van der Waals surface area contributed by atoms with Crippen molar-refractivity contribution < 1.29 is 18.0 Å². The predicted octanol–water partition coefficient (Wildman–Crippen LogP) is 1.82. The molecule has 158 valence electrons. The number of ether oxygens (including phenoxy) is 1. The second kappa shape index (κ2) is 8.27. The molecule has 0 radical (unpaired) electrons. The molecule has 0 unspecified atom stereocenters. The lowest BCUT2D eigenvalue weighted by Crippen LogP contribution is -2.53. The van der Waals surface area contributed by atoms with Crippen LogP contribution < -0.4 is 10.5 Å². The van der Waals surface area contributed by atoms with E-state index in [-0.39, 0.29) is 18.2 Å². The third kappa shape index (κ3) is 4.20. The molecule has 1 aliphatic heterocycles. The number of aryl methyl sites for hydroxylation is 2. The molecule has 0 saturated carbocycles. The molecule has 0 spiro atoms. The molecule has 0 atom stereocenters. The van der Waals surface area contributed by atoms with E-state index >= 15 is 0 Å². The Bertz CT molecular complexity index is 1080. The lowest BCUT2D eigenvalue weighted by molar-refractivity contribution is -0.0336. The zero-order valence-corrected chi connectivity index (χ0v) is 16.5. The van der Waals surface area contributed by atoms with E-state index in [1.54, 1.807) is 19.2 Å². The Hall–Kier alpha value is -3.21. The number of alkyl halides is 2. The maximum absolute atomic E-state index is 12.6. The number of anilines is 1. The first-order chi connectivity index (χ1) is 14.4. The van der Waals surface area contributed by atoms with Crippen molar-refractivity contribution in [1.82, 2.24) is 25.1 Å². The van der Waals surface area contributed by atoms with E-state index in [0.29, 0.717) is 41.5 Å². The normalized spacial score (nSPS) is 14.4. The van der Waals surface area contributed by atoms with Gasteiger partial charge in [0.2, 0.25) is 0 Å². The third-order valence-corrected chi connectivity index (χ3v) is 4.86. The Labute approximate surface area is 170 Å². The molecule has 4 heterocycles. The monoisotopic (exact) mass is 418 g/mol. The molecule has 0 amide bonds. The molecule has 0 aromatic carbocycles. The third-order valence-electron chi connectivity index (χ3n) is 4.86. The quantitative estimate of drug-likeness (QED) is 0.573. The molecule has 9 nitrogen and oxygen atoms in total. The van der Waals surface area contributed by atoms with Crippen molar-refractivity contribution in [2.45, 2.75) is 32.9 Å². The highest BCUT2D eigenvalue weighted by atomic mass is 19.3. The summed E-state index contributed by atoms with van der Waals surface area (Å²) in [5, 5.41) is 16.5. The molecular formula is C19H20F2N6O3. The molecule has 0 N–H and O–H groups in total. The van der Waals surface area contributed by atoms with Crippen LogP contribution in [-0.4, -0.2) is 57.4 Å². The van der Waals surface area contributed by atoms with E-state index < -0.39 is 13.0 Å². The van der Waals surface area contributed by atoms with Crippen LogP contribution in [-0.2, 0) is 11.3 Å². The van der Waals surface area contributed by atoms with Gasteiger partial charge in [-0.1, -0.05) is 5.16 Å². The van der Waals surface area contributed by atoms with Gasteiger partial charge in [0, 0.05) is 24.7 Å². The van der Waals surface area contributed by atoms with Crippen molar-refractivity contribution >= 4 is 5.69 Å². The fourth-order valence-corrected chi connectivity index (χ4v) is 3.13. The topological polar surface area (TPSA) is 99.2 Å². The molecule has 30 heavy (non-hydrogen) atoms. The van der Waals surface area contributed by atoms with Gasteiger partial charge in [0.15, 0.2) is 0 Å². The smallest absolute Gasteiger partial charge is 0.269 e. The lowest BCUT2D eigenvalue weighted by atomic mass is 10.1. The first kappa shape index (κ1) is 20.1. The van der Waals surface area contributed by atoms with Crippen molar-refractivity contribution in [3.05, 3.63) is 51.8 Å². The largest absolute Gasteiger partial charge is 0.369 e. The molecular weight excluding hydrogens is 398 g/mol. The van der Waals surface area contributed by atoms with Crippen LogP contribution in [0.25, 0.3) is 11.4 Å². The molecule has 0 bridgehead atoms. The molecule has 0 aliphatic carbocycles. The van der Waals surface area contributed by atoms with Crippen LogP contribution in [0.3, 0.4) is 0 Å². The van der Waals surface area contributed by atoms with Crippen LogP contribution in [0.1, 0.15) is 17.0 Å². The summed E-state index contributed by atoms with van der Waals surface area (Å²) < 4.78 is 36.1. The van der Waals surface area contributed by atoms with Gasteiger partial charge in [-0.3, -0.25) is 4.79 Å². The highest BCUT2D eigenvalue weighted by molar-refractivity contribution is 5.58. The van der Waals surface area contributed by atoms with Crippen molar-refractivity contribution in [3.63, 3.8) is 0 Å². The van der Waals surface area contributed by atoms with Crippen LogP contribution >= 0.6 is 0 Å². The van der Waals surface area contributed by atoms with Crippen molar-refractivity contribution in [3.8, 4) is 11.4 Å². The zero-order chi connectivity index (χ0) is 21.3. The molecule has 11 heteroatoms. The number of halogens is 2. The predicted molar refractivity (Wildman–Crippen MR) is 103 cm³/mol. The van der Waals surface area contributed by atoms with Gasteiger partial charge in [-0.05, 0) is 26.0 Å². The molecule has 3 aromatic rings. The summed E-state index contributed by atoms with van der Waals surface area (Å²) in [7, 11) is 0. The number of nitrogens with zero attached hydrogens (tertiary/aromatic N) is 6. The summed E-state index contributed by atoms with van der Waals surface area (Å²) in [6.45, 7) is 4.07. The Morgan fingerprint density at radius 3 is 2.73 bits per heavy atom. The van der Waals surface area contributed by atoms with E-state index in [9.17, 15) is 13.6 Å². The number of rotatable bonds is 7. The first-order valence-corrected chi connectivity index (χ1v) is 9.38.